The van der Waals surface area contributed by atoms with Crippen LogP contribution in [-0.2, 0) is 9.53 Å². The summed E-state index contributed by atoms with van der Waals surface area (Å²) in [4.78, 5) is 14.4. The van der Waals surface area contributed by atoms with Crippen LogP contribution in [0.15, 0.2) is 18.2 Å². The van der Waals surface area contributed by atoms with Gasteiger partial charge in [0.15, 0.2) is 6.61 Å². The molecule has 0 amide bonds. The summed E-state index contributed by atoms with van der Waals surface area (Å²) in [5, 5.41) is 0.896. The lowest BCUT2D eigenvalue weighted by Gasteiger charge is -2.40. The van der Waals surface area contributed by atoms with Crippen LogP contribution in [0.4, 0.5) is 0 Å². The van der Waals surface area contributed by atoms with Gasteiger partial charge in [-0.1, -0.05) is 29.6 Å². The summed E-state index contributed by atoms with van der Waals surface area (Å²) in [7, 11) is 0. The lowest BCUT2D eigenvalue weighted by molar-refractivity contribution is -0.152. The van der Waals surface area contributed by atoms with Gasteiger partial charge >= 0.3 is 5.97 Å². The molecule has 1 aromatic rings. The molecule has 1 fully saturated rings. The first kappa shape index (κ1) is 19.4. The molecule has 0 saturated carbocycles. The van der Waals surface area contributed by atoms with Gasteiger partial charge in [0, 0.05) is 23.7 Å². The van der Waals surface area contributed by atoms with Crippen LogP contribution in [0.3, 0.4) is 0 Å². The van der Waals surface area contributed by atoms with E-state index in [0.29, 0.717) is 27.9 Å². The third-order valence-corrected chi connectivity index (χ3v) is 4.95. The van der Waals surface area contributed by atoms with Crippen LogP contribution in [0, 0.1) is 0 Å². The molecule has 2 rings (SSSR count). The molecule has 6 heteroatoms. The molecule has 3 unspecified atom stereocenters. The Morgan fingerprint density at radius 2 is 1.96 bits per heavy atom. The topological polar surface area (TPSA) is 38.8 Å². The van der Waals surface area contributed by atoms with Crippen molar-refractivity contribution >= 4 is 29.2 Å². The van der Waals surface area contributed by atoms with Gasteiger partial charge in [0.1, 0.15) is 11.9 Å². The highest BCUT2D eigenvalue weighted by atomic mass is 35.5. The van der Waals surface area contributed by atoms with Gasteiger partial charge < -0.3 is 9.47 Å². The van der Waals surface area contributed by atoms with E-state index >= 15 is 0 Å². The van der Waals surface area contributed by atoms with E-state index in [1.165, 1.54) is 19.3 Å². The molecule has 0 aromatic heterocycles. The molecule has 3 atom stereocenters. The maximum Gasteiger partial charge on any atom is 0.344 e. The zero-order valence-electron chi connectivity index (χ0n) is 14.4. The van der Waals surface area contributed by atoms with E-state index < -0.39 is 5.97 Å². The third kappa shape index (κ3) is 5.54. The molecule has 4 nitrogen and oxygen atoms in total. The Morgan fingerprint density at radius 1 is 1.29 bits per heavy atom. The zero-order chi connectivity index (χ0) is 17.7. The van der Waals surface area contributed by atoms with Gasteiger partial charge in [-0.2, -0.15) is 0 Å². The van der Waals surface area contributed by atoms with Crippen molar-refractivity contribution in [2.24, 2.45) is 0 Å². The molecule has 0 radical (unpaired) electrons. The first-order valence-electron chi connectivity index (χ1n) is 8.40. The van der Waals surface area contributed by atoms with Crippen LogP contribution < -0.4 is 4.74 Å². The number of ether oxygens (including phenoxy) is 2. The highest BCUT2D eigenvalue weighted by molar-refractivity contribution is 6.35. The van der Waals surface area contributed by atoms with Crippen molar-refractivity contribution in [1.29, 1.82) is 0 Å². The largest absolute Gasteiger partial charge is 0.480 e. The lowest BCUT2D eigenvalue weighted by Crippen LogP contribution is -2.47. The Labute approximate surface area is 154 Å². The summed E-state index contributed by atoms with van der Waals surface area (Å²) in [6.07, 6.45) is 3.49. The van der Waals surface area contributed by atoms with Gasteiger partial charge in [0.05, 0.1) is 5.02 Å². The number of halogens is 2. The van der Waals surface area contributed by atoms with Crippen molar-refractivity contribution in [2.45, 2.75) is 58.2 Å². The van der Waals surface area contributed by atoms with Crippen molar-refractivity contribution in [3.63, 3.8) is 0 Å². The van der Waals surface area contributed by atoms with Crippen molar-refractivity contribution in [3.05, 3.63) is 28.2 Å². The Morgan fingerprint density at radius 3 is 2.58 bits per heavy atom. The van der Waals surface area contributed by atoms with Gasteiger partial charge in [0.2, 0.25) is 0 Å². The van der Waals surface area contributed by atoms with Crippen LogP contribution in [0.1, 0.15) is 40.0 Å². The lowest BCUT2D eigenvalue weighted by atomic mass is 9.97. The normalized spacial score (nSPS) is 22.9. The second kappa shape index (κ2) is 8.93. The zero-order valence-corrected chi connectivity index (χ0v) is 15.9. The number of nitrogens with zero attached hydrogens (tertiary/aromatic N) is 1. The first-order valence-corrected chi connectivity index (χ1v) is 9.15. The Hall–Kier alpha value is -0.970. The Bertz CT molecular complexity index is 557. The predicted molar refractivity (Wildman–Crippen MR) is 97.0 cm³/mol. The number of hydrogen-bond donors (Lipinski definition) is 0. The van der Waals surface area contributed by atoms with Crippen molar-refractivity contribution in [2.75, 3.05) is 13.2 Å². The van der Waals surface area contributed by atoms with Crippen molar-refractivity contribution in [3.8, 4) is 5.75 Å². The summed E-state index contributed by atoms with van der Waals surface area (Å²) in [6.45, 7) is 6.96. The minimum Gasteiger partial charge on any atom is -0.480 e. The second-order valence-electron chi connectivity index (χ2n) is 6.49. The fourth-order valence-corrected chi connectivity index (χ4v) is 3.62. The minimum absolute atomic E-state index is 0.170. The summed E-state index contributed by atoms with van der Waals surface area (Å²) in [6, 6.07) is 5.93. The number of rotatable bonds is 6. The maximum atomic E-state index is 12.0. The molecule has 134 valence electrons. The highest BCUT2D eigenvalue weighted by Gasteiger charge is 2.26. The molecule has 0 spiro atoms. The Balaban J connectivity index is 1.79. The third-order valence-electron chi connectivity index (χ3n) is 4.42. The van der Waals surface area contributed by atoms with E-state index in [1.807, 2.05) is 6.92 Å². The van der Waals surface area contributed by atoms with Crippen LogP contribution >= 0.6 is 23.2 Å². The van der Waals surface area contributed by atoms with Crippen LogP contribution in [0.5, 0.6) is 5.75 Å². The number of carbonyl (C=O) groups excluding carboxylic acids is 1. The SMILES string of the molecule is CC(CN1C(C)CCCC1C)OC(=O)COc1ccc(Cl)cc1Cl. The molecule has 24 heavy (non-hydrogen) atoms. The minimum atomic E-state index is -0.397. The predicted octanol–water partition coefficient (Wildman–Crippen LogP) is 4.57. The molecule has 1 aliphatic rings. The average molecular weight is 374 g/mol. The molecular formula is C18H25Cl2NO3. The van der Waals surface area contributed by atoms with Gasteiger partial charge in [-0.05, 0) is 51.8 Å². The Kier molecular flexibility index (Phi) is 7.20. The van der Waals surface area contributed by atoms with E-state index in [4.69, 9.17) is 32.7 Å². The smallest absolute Gasteiger partial charge is 0.344 e. The molecule has 0 bridgehead atoms. The molecular weight excluding hydrogens is 349 g/mol. The molecule has 1 aromatic carbocycles. The van der Waals surface area contributed by atoms with Gasteiger partial charge in [-0.3, -0.25) is 4.90 Å². The summed E-state index contributed by atoms with van der Waals surface area (Å²) in [5.41, 5.74) is 0. The molecule has 1 saturated heterocycles. The van der Waals surface area contributed by atoms with E-state index in [-0.39, 0.29) is 12.7 Å². The number of esters is 1. The number of piperidine rings is 1. The number of hydrogen-bond acceptors (Lipinski definition) is 4. The summed E-state index contributed by atoms with van der Waals surface area (Å²) < 4.78 is 10.9. The summed E-state index contributed by atoms with van der Waals surface area (Å²) in [5.74, 6) is 0.0229. The van der Waals surface area contributed by atoms with Crippen LogP contribution in [0.2, 0.25) is 10.0 Å². The van der Waals surface area contributed by atoms with Gasteiger partial charge in [-0.15, -0.1) is 0 Å². The molecule has 0 N–H and O–H groups in total. The fourth-order valence-electron chi connectivity index (χ4n) is 3.16. The highest BCUT2D eigenvalue weighted by Crippen LogP contribution is 2.27. The molecule has 1 aliphatic heterocycles. The van der Waals surface area contributed by atoms with E-state index in [9.17, 15) is 4.79 Å². The standard InChI is InChI=1S/C18H25Cl2NO3/c1-12-5-4-6-13(2)21(12)10-14(3)24-18(22)11-23-17-8-7-15(19)9-16(17)20/h7-9,12-14H,4-6,10-11H2,1-3H3. The van der Waals surface area contributed by atoms with Gasteiger partial charge in [0.25, 0.3) is 0 Å². The van der Waals surface area contributed by atoms with E-state index in [2.05, 4.69) is 18.7 Å². The fraction of sp³-hybridized carbons (Fsp3) is 0.611. The van der Waals surface area contributed by atoms with E-state index in [0.717, 1.165) is 6.54 Å². The number of carbonyl (C=O) groups is 1. The van der Waals surface area contributed by atoms with Crippen molar-refractivity contribution < 1.29 is 14.3 Å². The van der Waals surface area contributed by atoms with Crippen LogP contribution in [0.25, 0.3) is 0 Å². The quantitative estimate of drug-likeness (QED) is 0.684. The van der Waals surface area contributed by atoms with Crippen molar-refractivity contribution in [1.82, 2.24) is 4.90 Å². The molecule has 0 aliphatic carbocycles. The monoisotopic (exact) mass is 373 g/mol. The van der Waals surface area contributed by atoms with Crippen LogP contribution in [-0.4, -0.2) is 42.2 Å². The van der Waals surface area contributed by atoms with Gasteiger partial charge in [-0.25, -0.2) is 4.79 Å². The van der Waals surface area contributed by atoms with E-state index in [1.54, 1.807) is 18.2 Å². The summed E-state index contributed by atoms with van der Waals surface area (Å²) >= 11 is 11.8. The second-order valence-corrected chi connectivity index (χ2v) is 7.33. The number of benzene rings is 1. The first-order chi connectivity index (χ1) is 11.4. The molecule has 1 heterocycles. The maximum absolute atomic E-state index is 12.0. The average Bonchev–Trinajstić information content (AvgIpc) is 2.50. The number of likely N-dealkylation sites (tertiary alicyclic amines) is 1.